The maximum absolute atomic E-state index is 12.1. The number of unbranched alkanes of at least 4 members (excludes halogenated alkanes) is 2. The molecule has 0 atom stereocenters. The van der Waals surface area contributed by atoms with Crippen LogP contribution in [-0.2, 0) is 0 Å². The molecule has 0 saturated carbocycles. The van der Waals surface area contributed by atoms with E-state index in [4.69, 9.17) is 5.26 Å². The Morgan fingerprint density at radius 2 is 2.16 bits per heavy atom. The third-order valence-corrected chi connectivity index (χ3v) is 2.89. The maximum Gasteiger partial charge on any atom is 0.251 e. The van der Waals surface area contributed by atoms with Gasteiger partial charge in [0.2, 0.25) is 0 Å². The Kier molecular flexibility index (Phi) is 4.46. The van der Waals surface area contributed by atoms with E-state index in [0.717, 1.165) is 23.7 Å². The zero-order valence-electron chi connectivity index (χ0n) is 10.6. The molecule has 1 heterocycles. The van der Waals surface area contributed by atoms with E-state index in [0.29, 0.717) is 18.5 Å². The van der Waals surface area contributed by atoms with E-state index in [9.17, 15) is 4.79 Å². The average Bonchev–Trinajstić information content (AvgIpc) is 2.46. The lowest BCUT2D eigenvalue weighted by molar-refractivity contribution is 0.0954. The fourth-order valence-corrected chi connectivity index (χ4v) is 1.93. The van der Waals surface area contributed by atoms with Crippen molar-refractivity contribution in [3.8, 4) is 6.07 Å². The van der Waals surface area contributed by atoms with Gasteiger partial charge in [-0.15, -0.1) is 0 Å². The third kappa shape index (κ3) is 3.29. The molecule has 1 N–H and O–H groups in total. The van der Waals surface area contributed by atoms with Crippen molar-refractivity contribution in [2.75, 3.05) is 6.54 Å². The molecule has 1 aromatic carbocycles. The van der Waals surface area contributed by atoms with Crippen LogP contribution < -0.4 is 5.32 Å². The molecule has 4 nitrogen and oxygen atoms in total. The summed E-state index contributed by atoms with van der Waals surface area (Å²) in [5.41, 5.74) is 1.46. The molecular weight excluding hydrogens is 238 g/mol. The summed E-state index contributed by atoms with van der Waals surface area (Å²) in [6.45, 7) is 0.594. The van der Waals surface area contributed by atoms with Gasteiger partial charge >= 0.3 is 0 Å². The number of nitrogens with zero attached hydrogens (tertiary/aromatic N) is 2. The number of carbonyl (C=O) groups is 1. The van der Waals surface area contributed by atoms with Crippen molar-refractivity contribution < 1.29 is 4.79 Å². The largest absolute Gasteiger partial charge is 0.352 e. The highest BCUT2D eigenvalue weighted by molar-refractivity contribution is 6.06. The zero-order valence-corrected chi connectivity index (χ0v) is 10.6. The summed E-state index contributed by atoms with van der Waals surface area (Å²) in [5.74, 6) is -0.0874. The van der Waals surface area contributed by atoms with Gasteiger partial charge in [0, 0.05) is 30.1 Å². The van der Waals surface area contributed by atoms with E-state index < -0.39 is 0 Å². The summed E-state index contributed by atoms with van der Waals surface area (Å²) in [7, 11) is 0. The lowest BCUT2D eigenvalue weighted by atomic mass is 10.1. The molecule has 0 aliphatic rings. The Morgan fingerprint density at radius 1 is 1.26 bits per heavy atom. The normalized spacial score (nSPS) is 10.1. The first kappa shape index (κ1) is 13.0. The van der Waals surface area contributed by atoms with Crippen LogP contribution in [0.25, 0.3) is 10.9 Å². The van der Waals surface area contributed by atoms with Gasteiger partial charge in [0.15, 0.2) is 0 Å². The molecule has 0 aliphatic carbocycles. The smallest absolute Gasteiger partial charge is 0.251 e. The highest BCUT2D eigenvalue weighted by Gasteiger charge is 2.08. The molecule has 0 fully saturated rings. The number of amides is 1. The van der Waals surface area contributed by atoms with Gasteiger partial charge in [-0.3, -0.25) is 9.78 Å². The number of nitrogens with one attached hydrogen (secondary N) is 1. The van der Waals surface area contributed by atoms with Crippen molar-refractivity contribution in [3.05, 3.63) is 42.1 Å². The predicted molar refractivity (Wildman–Crippen MR) is 73.5 cm³/mol. The molecule has 96 valence electrons. The van der Waals surface area contributed by atoms with Crippen LogP contribution in [0.3, 0.4) is 0 Å². The minimum absolute atomic E-state index is 0.0874. The summed E-state index contributed by atoms with van der Waals surface area (Å²) in [6.07, 6.45) is 3.89. The molecule has 0 saturated heterocycles. The summed E-state index contributed by atoms with van der Waals surface area (Å²) in [4.78, 5) is 16.3. The van der Waals surface area contributed by atoms with Crippen LogP contribution in [0.2, 0.25) is 0 Å². The number of fused-ring (bicyclic) bond motifs is 1. The van der Waals surface area contributed by atoms with Crippen LogP contribution in [-0.4, -0.2) is 17.4 Å². The van der Waals surface area contributed by atoms with Gasteiger partial charge in [-0.05, 0) is 31.0 Å². The van der Waals surface area contributed by atoms with Gasteiger partial charge in [0.1, 0.15) is 0 Å². The van der Waals surface area contributed by atoms with Crippen molar-refractivity contribution in [2.45, 2.75) is 19.3 Å². The first-order valence-corrected chi connectivity index (χ1v) is 6.32. The average molecular weight is 253 g/mol. The molecule has 0 radical (unpaired) electrons. The van der Waals surface area contributed by atoms with E-state index in [1.807, 2.05) is 24.3 Å². The van der Waals surface area contributed by atoms with Crippen molar-refractivity contribution in [2.24, 2.45) is 0 Å². The standard InChI is InChI=1S/C15H15N3O/c16-9-2-1-3-10-18-15(19)13-6-4-8-14-12(13)7-5-11-17-14/h4-8,11H,1-3,10H2,(H,18,19). The van der Waals surface area contributed by atoms with E-state index in [1.165, 1.54) is 0 Å². The number of nitriles is 1. The number of benzene rings is 1. The molecule has 0 aliphatic heterocycles. The molecule has 0 unspecified atom stereocenters. The van der Waals surface area contributed by atoms with Crippen LogP contribution in [0.4, 0.5) is 0 Å². The first-order valence-electron chi connectivity index (χ1n) is 6.32. The van der Waals surface area contributed by atoms with Crippen LogP contribution in [0.15, 0.2) is 36.5 Å². The summed E-state index contributed by atoms with van der Waals surface area (Å²) < 4.78 is 0. The van der Waals surface area contributed by atoms with Gasteiger partial charge in [0.25, 0.3) is 5.91 Å². The number of rotatable bonds is 5. The van der Waals surface area contributed by atoms with Crippen LogP contribution in [0.1, 0.15) is 29.6 Å². The van der Waals surface area contributed by atoms with Gasteiger partial charge in [-0.1, -0.05) is 12.1 Å². The van der Waals surface area contributed by atoms with Crippen molar-refractivity contribution in [3.63, 3.8) is 0 Å². The molecule has 1 amide bonds. The summed E-state index contributed by atoms with van der Waals surface area (Å²) >= 11 is 0. The Balaban J connectivity index is 2.03. The highest BCUT2D eigenvalue weighted by atomic mass is 16.1. The molecule has 2 rings (SSSR count). The van der Waals surface area contributed by atoms with E-state index in [1.54, 1.807) is 12.3 Å². The number of carbonyl (C=O) groups excluding carboxylic acids is 1. The number of pyridine rings is 1. The van der Waals surface area contributed by atoms with Gasteiger partial charge in [-0.2, -0.15) is 5.26 Å². The zero-order chi connectivity index (χ0) is 13.5. The molecular formula is C15H15N3O. The summed E-state index contributed by atoms with van der Waals surface area (Å²) in [5, 5.41) is 12.2. The van der Waals surface area contributed by atoms with Crippen LogP contribution in [0.5, 0.6) is 0 Å². The molecule has 0 spiro atoms. The Bertz CT molecular complexity index is 611. The van der Waals surface area contributed by atoms with E-state index >= 15 is 0 Å². The van der Waals surface area contributed by atoms with Crippen molar-refractivity contribution in [1.82, 2.24) is 10.3 Å². The van der Waals surface area contributed by atoms with Crippen molar-refractivity contribution >= 4 is 16.8 Å². The van der Waals surface area contributed by atoms with Gasteiger partial charge in [-0.25, -0.2) is 0 Å². The monoisotopic (exact) mass is 253 g/mol. The second-order valence-corrected chi connectivity index (χ2v) is 4.25. The second kappa shape index (κ2) is 6.50. The lowest BCUT2D eigenvalue weighted by Gasteiger charge is -2.07. The molecule has 2 aromatic rings. The number of hydrogen-bond donors (Lipinski definition) is 1. The fourth-order valence-electron chi connectivity index (χ4n) is 1.93. The van der Waals surface area contributed by atoms with E-state index in [-0.39, 0.29) is 5.91 Å². The predicted octanol–water partition coefficient (Wildman–Crippen LogP) is 2.66. The molecule has 4 heteroatoms. The highest BCUT2D eigenvalue weighted by Crippen LogP contribution is 2.16. The van der Waals surface area contributed by atoms with Gasteiger partial charge < -0.3 is 5.32 Å². The van der Waals surface area contributed by atoms with Crippen LogP contribution >= 0.6 is 0 Å². The third-order valence-electron chi connectivity index (χ3n) is 2.89. The van der Waals surface area contributed by atoms with Gasteiger partial charge in [0.05, 0.1) is 11.6 Å². The maximum atomic E-state index is 12.1. The Labute approximate surface area is 112 Å². The minimum atomic E-state index is -0.0874. The quantitative estimate of drug-likeness (QED) is 0.833. The van der Waals surface area contributed by atoms with E-state index in [2.05, 4.69) is 16.4 Å². The summed E-state index contributed by atoms with van der Waals surface area (Å²) in [6, 6.07) is 11.3. The number of hydrogen-bond acceptors (Lipinski definition) is 3. The second-order valence-electron chi connectivity index (χ2n) is 4.25. The van der Waals surface area contributed by atoms with Crippen molar-refractivity contribution in [1.29, 1.82) is 5.26 Å². The Morgan fingerprint density at radius 3 is 3.00 bits per heavy atom. The molecule has 19 heavy (non-hydrogen) atoms. The topological polar surface area (TPSA) is 65.8 Å². The molecule has 1 aromatic heterocycles. The molecule has 0 bridgehead atoms. The first-order chi connectivity index (χ1) is 9.33. The fraction of sp³-hybridized carbons (Fsp3) is 0.267. The lowest BCUT2D eigenvalue weighted by Crippen LogP contribution is -2.24. The Hall–Kier alpha value is -2.41. The number of aromatic nitrogens is 1. The minimum Gasteiger partial charge on any atom is -0.352 e. The SMILES string of the molecule is N#CCCCCNC(=O)c1cccc2ncccc12. The van der Waals surface area contributed by atoms with Crippen LogP contribution in [0, 0.1) is 11.3 Å².